The van der Waals surface area contributed by atoms with Crippen LogP contribution in [0.5, 0.6) is 0 Å². The summed E-state index contributed by atoms with van der Waals surface area (Å²) in [5.41, 5.74) is 2.06. The van der Waals surface area contributed by atoms with Gasteiger partial charge in [0.15, 0.2) is 0 Å². The molecule has 0 aliphatic carbocycles. The van der Waals surface area contributed by atoms with Crippen LogP contribution in [0.25, 0.3) is 0 Å². The van der Waals surface area contributed by atoms with Gasteiger partial charge < -0.3 is 0 Å². The van der Waals surface area contributed by atoms with E-state index < -0.39 is 0 Å². The standard InChI is InChI=1S/C15H15NO2/c1-3-4-13(12-7-5-11(2)6-8-12)16-14(17)9-10-15(16)18/h1,5-8,13H,4,9-10H2,2H3. The van der Waals surface area contributed by atoms with Crippen LogP contribution in [0.3, 0.4) is 0 Å². The van der Waals surface area contributed by atoms with E-state index in [1.807, 2.05) is 31.2 Å². The molecule has 1 aliphatic rings. The monoisotopic (exact) mass is 241 g/mol. The van der Waals surface area contributed by atoms with E-state index in [-0.39, 0.29) is 17.9 Å². The van der Waals surface area contributed by atoms with E-state index >= 15 is 0 Å². The molecule has 0 N–H and O–H groups in total. The third kappa shape index (κ3) is 2.28. The van der Waals surface area contributed by atoms with E-state index in [0.717, 1.165) is 11.1 Å². The topological polar surface area (TPSA) is 37.4 Å². The summed E-state index contributed by atoms with van der Waals surface area (Å²) < 4.78 is 0. The third-order valence-corrected chi connectivity index (χ3v) is 3.18. The Labute approximate surface area is 107 Å². The molecule has 0 bridgehead atoms. The maximum absolute atomic E-state index is 11.8. The summed E-state index contributed by atoms with van der Waals surface area (Å²) in [7, 11) is 0. The van der Waals surface area contributed by atoms with Crippen LogP contribution >= 0.6 is 0 Å². The van der Waals surface area contributed by atoms with E-state index in [9.17, 15) is 9.59 Å². The molecule has 1 unspecified atom stereocenters. The van der Waals surface area contributed by atoms with Crippen molar-refractivity contribution in [3.8, 4) is 12.3 Å². The Kier molecular flexibility index (Phi) is 3.47. The number of amides is 2. The first-order chi connectivity index (χ1) is 8.63. The number of carbonyl (C=O) groups is 2. The number of carbonyl (C=O) groups excluding carboxylic acids is 2. The molecule has 1 aromatic rings. The summed E-state index contributed by atoms with van der Waals surface area (Å²) in [6.07, 6.45) is 6.31. The highest BCUT2D eigenvalue weighted by Gasteiger charge is 2.35. The summed E-state index contributed by atoms with van der Waals surface area (Å²) in [6.45, 7) is 1.99. The largest absolute Gasteiger partial charge is 0.274 e. The molecule has 1 aliphatic heterocycles. The van der Waals surface area contributed by atoms with Gasteiger partial charge in [0.2, 0.25) is 11.8 Å². The van der Waals surface area contributed by atoms with Crippen molar-refractivity contribution in [3.63, 3.8) is 0 Å². The lowest BCUT2D eigenvalue weighted by atomic mass is 10.0. The molecule has 0 spiro atoms. The van der Waals surface area contributed by atoms with Gasteiger partial charge in [-0.15, -0.1) is 12.3 Å². The fourth-order valence-electron chi connectivity index (χ4n) is 2.20. The maximum atomic E-state index is 11.8. The predicted octanol–water partition coefficient (Wildman–Crippen LogP) is 2.21. The molecular formula is C15H15NO2. The van der Waals surface area contributed by atoms with Crippen molar-refractivity contribution in [1.29, 1.82) is 0 Å². The first-order valence-corrected chi connectivity index (χ1v) is 5.98. The molecule has 2 rings (SSSR count). The summed E-state index contributed by atoms with van der Waals surface area (Å²) in [6, 6.07) is 7.46. The van der Waals surface area contributed by atoms with Crippen molar-refractivity contribution in [2.75, 3.05) is 0 Å². The molecule has 92 valence electrons. The van der Waals surface area contributed by atoms with E-state index in [2.05, 4.69) is 5.92 Å². The van der Waals surface area contributed by atoms with E-state index in [4.69, 9.17) is 6.42 Å². The summed E-state index contributed by atoms with van der Waals surface area (Å²) in [5, 5.41) is 0. The van der Waals surface area contributed by atoms with Crippen molar-refractivity contribution in [2.24, 2.45) is 0 Å². The quantitative estimate of drug-likeness (QED) is 0.601. The zero-order chi connectivity index (χ0) is 13.1. The summed E-state index contributed by atoms with van der Waals surface area (Å²) >= 11 is 0. The Morgan fingerprint density at radius 2 is 1.78 bits per heavy atom. The first kappa shape index (κ1) is 12.4. The van der Waals surface area contributed by atoms with Gasteiger partial charge >= 0.3 is 0 Å². The molecule has 3 heteroatoms. The van der Waals surface area contributed by atoms with Crippen LogP contribution in [0.4, 0.5) is 0 Å². The molecule has 3 nitrogen and oxygen atoms in total. The van der Waals surface area contributed by atoms with Crippen LogP contribution in [0, 0.1) is 19.3 Å². The Hall–Kier alpha value is -2.08. The SMILES string of the molecule is C#CCC(c1ccc(C)cc1)N1C(=O)CCC1=O. The fraction of sp³-hybridized carbons (Fsp3) is 0.333. The minimum absolute atomic E-state index is 0.124. The number of imide groups is 1. The summed E-state index contributed by atoms with van der Waals surface area (Å²) in [5.74, 6) is 2.30. The number of hydrogen-bond donors (Lipinski definition) is 0. The van der Waals surface area contributed by atoms with E-state index in [0.29, 0.717) is 19.3 Å². The Morgan fingerprint density at radius 1 is 1.22 bits per heavy atom. The lowest BCUT2D eigenvalue weighted by Crippen LogP contribution is -2.33. The molecule has 2 amide bonds. The maximum Gasteiger partial charge on any atom is 0.230 e. The molecule has 1 fully saturated rings. The number of benzene rings is 1. The van der Waals surface area contributed by atoms with Crippen molar-refractivity contribution < 1.29 is 9.59 Å². The van der Waals surface area contributed by atoms with Crippen LogP contribution in [-0.4, -0.2) is 16.7 Å². The van der Waals surface area contributed by atoms with E-state index in [1.165, 1.54) is 4.90 Å². The van der Waals surface area contributed by atoms with Crippen LogP contribution < -0.4 is 0 Å². The van der Waals surface area contributed by atoms with Gasteiger partial charge in [0.25, 0.3) is 0 Å². The number of nitrogens with zero attached hydrogens (tertiary/aromatic N) is 1. The molecule has 1 aromatic carbocycles. The molecule has 0 radical (unpaired) electrons. The normalized spacial score (nSPS) is 16.8. The van der Waals surface area contributed by atoms with Gasteiger partial charge in [0.1, 0.15) is 0 Å². The van der Waals surface area contributed by atoms with Gasteiger partial charge in [0.05, 0.1) is 6.04 Å². The highest BCUT2D eigenvalue weighted by molar-refractivity contribution is 6.02. The molecular weight excluding hydrogens is 226 g/mol. The highest BCUT2D eigenvalue weighted by Crippen LogP contribution is 2.29. The third-order valence-electron chi connectivity index (χ3n) is 3.18. The lowest BCUT2D eigenvalue weighted by Gasteiger charge is -2.25. The Balaban J connectivity index is 2.34. The molecule has 1 atom stereocenters. The smallest absolute Gasteiger partial charge is 0.230 e. The second kappa shape index (κ2) is 5.05. The van der Waals surface area contributed by atoms with Crippen LogP contribution in [0.2, 0.25) is 0 Å². The van der Waals surface area contributed by atoms with Crippen LogP contribution in [0.15, 0.2) is 24.3 Å². The van der Waals surface area contributed by atoms with Gasteiger partial charge in [-0.1, -0.05) is 29.8 Å². The van der Waals surface area contributed by atoms with E-state index in [1.54, 1.807) is 0 Å². The van der Waals surface area contributed by atoms with Gasteiger partial charge in [-0.25, -0.2) is 0 Å². The summed E-state index contributed by atoms with van der Waals surface area (Å²) in [4.78, 5) is 24.9. The second-order valence-electron chi connectivity index (χ2n) is 4.49. The number of rotatable bonds is 3. The average molecular weight is 241 g/mol. The van der Waals surface area contributed by atoms with Crippen molar-refractivity contribution in [2.45, 2.75) is 32.2 Å². The molecule has 0 saturated carbocycles. The average Bonchev–Trinajstić information content (AvgIpc) is 2.68. The molecule has 0 aromatic heterocycles. The van der Waals surface area contributed by atoms with Crippen molar-refractivity contribution >= 4 is 11.8 Å². The highest BCUT2D eigenvalue weighted by atomic mass is 16.2. The van der Waals surface area contributed by atoms with Gasteiger partial charge in [-0.05, 0) is 12.5 Å². The van der Waals surface area contributed by atoms with Crippen LogP contribution in [0.1, 0.15) is 36.4 Å². The number of terminal acetylenes is 1. The zero-order valence-corrected chi connectivity index (χ0v) is 10.3. The fourth-order valence-corrected chi connectivity index (χ4v) is 2.20. The number of aryl methyl sites for hydroxylation is 1. The second-order valence-corrected chi connectivity index (χ2v) is 4.49. The van der Waals surface area contributed by atoms with Gasteiger partial charge in [-0.2, -0.15) is 0 Å². The minimum Gasteiger partial charge on any atom is -0.274 e. The molecule has 1 saturated heterocycles. The van der Waals surface area contributed by atoms with Crippen molar-refractivity contribution in [3.05, 3.63) is 35.4 Å². The number of hydrogen-bond acceptors (Lipinski definition) is 2. The predicted molar refractivity (Wildman–Crippen MR) is 68.5 cm³/mol. The number of likely N-dealkylation sites (tertiary alicyclic amines) is 1. The molecule has 1 heterocycles. The molecule has 18 heavy (non-hydrogen) atoms. The first-order valence-electron chi connectivity index (χ1n) is 5.98. The Bertz CT molecular complexity index is 494. The zero-order valence-electron chi connectivity index (χ0n) is 10.3. The lowest BCUT2D eigenvalue weighted by molar-refractivity contribution is -0.141. The van der Waals surface area contributed by atoms with Gasteiger partial charge in [0, 0.05) is 19.3 Å². The van der Waals surface area contributed by atoms with Gasteiger partial charge in [-0.3, -0.25) is 14.5 Å². The van der Waals surface area contributed by atoms with Crippen LogP contribution in [-0.2, 0) is 9.59 Å². The van der Waals surface area contributed by atoms with Crippen molar-refractivity contribution in [1.82, 2.24) is 4.90 Å². The minimum atomic E-state index is -0.321. The Morgan fingerprint density at radius 3 is 2.28 bits per heavy atom.